The third kappa shape index (κ3) is 5.01. The first-order valence-electron chi connectivity index (χ1n) is 11.9. The summed E-state index contributed by atoms with van der Waals surface area (Å²) in [6.45, 7) is 12.9. The van der Waals surface area contributed by atoms with Crippen molar-refractivity contribution in [2.45, 2.75) is 46.7 Å². The molecule has 0 aliphatic carbocycles. The van der Waals surface area contributed by atoms with Gasteiger partial charge in [0.1, 0.15) is 12.5 Å². The van der Waals surface area contributed by atoms with E-state index in [9.17, 15) is 19.2 Å². The third-order valence-electron chi connectivity index (χ3n) is 6.44. The zero-order valence-corrected chi connectivity index (χ0v) is 23.1. The Labute approximate surface area is 216 Å². The molecule has 1 aromatic carbocycles. The smallest absolute Gasteiger partial charge is 0.407 e. The van der Waals surface area contributed by atoms with E-state index in [1.54, 1.807) is 30.9 Å². The van der Waals surface area contributed by atoms with Gasteiger partial charge in [-0.2, -0.15) is 4.67 Å². The van der Waals surface area contributed by atoms with Gasteiger partial charge in [-0.1, -0.05) is 49.3 Å². The summed E-state index contributed by atoms with van der Waals surface area (Å²) in [6, 6.07) is 7.59. The first-order valence-corrected chi connectivity index (χ1v) is 14.4. The Morgan fingerprint density at radius 2 is 1.86 bits per heavy atom. The molecule has 1 aromatic heterocycles. The van der Waals surface area contributed by atoms with Crippen LogP contribution < -0.4 is 4.67 Å². The highest BCUT2D eigenvalue weighted by atomic mass is 35.5. The number of hydrogen-bond acceptors (Lipinski definition) is 6. The second kappa shape index (κ2) is 9.43. The van der Waals surface area contributed by atoms with Crippen LogP contribution in [0.2, 0.25) is 5.02 Å². The molecular weight excluding hydrogens is 504 g/mol. The molecule has 1 fully saturated rings. The molecule has 0 spiro atoms. The fraction of sp³-hybridized carbons (Fsp3) is 0.480. The van der Waals surface area contributed by atoms with E-state index < -0.39 is 19.7 Å². The van der Waals surface area contributed by atoms with Gasteiger partial charge in [0.25, 0.3) is 0 Å². The van der Waals surface area contributed by atoms with Crippen LogP contribution in [0.1, 0.15) is 40.2 Å². The van der Waals surface area contributed by atoms with E-state index >= 15 is 0 Å². The van der Waals surface area contributed by atoms with Crippen molar-refractivity contribution in [1.82, 2.24) is 14.8 Å². The molecular formula is C25H33ClFN5O3P+. The average Bonchev–Trinajstić information content (AvgIpc) is 2.76. The van der Waals surface area contributed by atoms with E-state index in [0.717, 1.165) is 0 Å². The number of nitrogens with zero attached hydrogens (tertiary/aromatic N) is 5. The second-order valence-electron chi connectivity index (χ2n) is 10.9. The predicted octanol–water partition coefficient (Wildman–Crippen LogP) is 5.61. The van der Waals surface area contributed by atoms with Crippen LogP contribution in [-0.2, 0) is 0 Å². The lowest BCUT2D eigenvalue weighted by Gasteiger charge is -2.45. The Morgan fingerprint density at radius 3 is 2.47 bits per heavy atom. The summed E-state index contributed by atoms with van der Waals surface area (Å²) < 4.78 is 21.4. The number of rotatable bonds is 2. The molecule has 3 atom stereocenters. The number of aromatic nitrogens is 1. The number of carbonyl (C=O) groups is 1. The standard InChI is InChI=1S/C25H32ClFN5O3P/c1-15-13-31(24(33)34)16(2)12-30(15)23-18-11-19(26)21(17-9-7-8-10-20(17)27)28-22(18)32(14-25(3,4)5)36(6,35)29-23/h7-11,15-16,35H,12-14H2,1-6H3/p+1/t15-,16+,36?/m0/s1. The van der Waals surface area contributed by atoms with Crippen molar-refractivity contribution in [3.8, 4) is 11.3 Å². The lowest BCUT2D eigenvalue weighted by Crippen LogP contribution is -2.60. The van der Waals surface area contributed by atoms with Gasteiger partial charge in [0.2, 0.25) is 0 Å². The molecule has 2 aliphatic rings. The van der Waals surface area contributed by atoms with Gasteiger partial charge < -0.3 is 14.9 Å². The molecule has 1 amide bonds. The zero-order valence-electron chi connectivity index (χ0n) is 21.4. The molecule has 4 rings (SSSR count). The summed E-state index contributed by atoms with van der Waals surface area (Å²) in [5.41, 5.74) is 1.02. The lowest BCUT2D eigenvalue weighted by atomic mass is 9.96. The maximum Gasteiger partial charge on any atom is 0.407 e. The summed E-state index contributed by atoms with van der Waals surface area (Å²) >= 11 is 6.69. The van der Waals surface area contributed by atoms with E-state index in [0.29, 0.717) is 42.5 Å². The first-order chi connectivity index (χ1) is 16.7. The number of anilines is 1. The van der Waals surface area contributed by atoms with E-state index in [4.69, 9.17) is 21.3 Å². The Kier molecular flexibility index (Phi) is 6.97. The number of benzene rings is 1. The van der Waals surface area contributed by atoms with Gasteiger partial charge in [-0.25, -0.2) is 19.1 Å². The highest BCUT2D eigenvalue weighted by Gasteiger charge is 2.50. The van der Waals surface area contributed by atoms with E-state index in [1.165, 1.54) is 11.0 Å². The number of carboxylic acid groups (broad SMARTS) is 1. The van der Waals surface area contributed by atoms with Gasteiger partial charge in [0, 0.05) is 30.7 Å². The number of hydrogen-bond donors (Lipinski definition) is 2. The second-order valence-corrected chi connectivity index (χ2v) is 13.7. The van der Waals surface area contributed by atoms with Crippen LogP contribution >= 0.6 is 19.4 Å². The SMILES string of the molecule is C[C@@H]1CN(C2=N[P+](C)(O)N(CC(C)(C)C)c3nc(-c4ccccc4F)c(Cl)cc32)[C@@H](C)CN1C(=O)O. The van der Waals surface area contributed by atoms with E-state index in [2.05, 4.69) is 20.8 Å². The predicted molar refractivity (Wildman–Crippen MR) is 143 cm³/mol. The number of pyridine rings is 1. The maximum absolute atomic E-state index is 14.7. The fourth-order valence-corrected chi connectivity index (χ4v) is 6.85. The van der Waals surface area contributed by atoms with Crippen molar-refractivity contribution in [3.05, 3.63) is 46.7 Å². The molecule has 194 valence electrons. The molecule has 0 bridgehead atoms. The average molecular weight is 537 g/mol. The minimum absolute atomic E-state index is 0.192. The van der Waals surface area contributed by atoms with Crippen molar-refractivity contribution in [2.24, 2.45) is 10.2 Å². The summed E-state index contributed by atoms with van der Waals surface area (Å²) in [4.78, 5) is 31.7. The van der Waals surface area contributed by atoms with Crippen LogP contribution in [0.4, 0.5) is 15.0 Å². The van der Waals surface area contributed by atoms with Crippen molar-refractivity contribution in [2.75, 3.05) is 31.0 Å². The number of halogens is 2. The lowest BCUT2D eigenvalue weighted by molar-refractivity contribution is 0.0751. The minimum atomic E-state index is -3.07. The highest BCUT2D eigenvalue weighted by molar-refractivity contribution is 7.70. The first kappa shape index (κ1) is 26.6. The van der Waals surface area contributed by atoms with Gasteiger partial charge >= 0.3 is 13.9 Å². The Morgan fingerprint density at radius 1 is 1.19 bits per heavy atom. The minimum Gasteiger partial charge on any atom is -0.465 e. The molecule has 3 heterocycles. The third-order valence-corrected chi connectivity index (χ3v) is 8.54. The van der Waals surface area contributed by atoms with Crippen molar-refractivity contribution >= 4 is 37.1 Å². The number of amidine groups is 1. The molecule has 11 heteroatoms. The van der Waals surface area contributed by atoms with Crippen LogP contribution in [0, 0.1) is 11.2 Å². The summed E-state index contributed by atoms with van der Waals surface area (Å²) in [5, 5.41) is 9.85. The fourth-order valence-electron chi connectivity index (χ4n) is 4.71. The van der Waals surface area contributed by atoms with Crippen LogP contribution in [0.3, 0.4) is 0 Å². The van der Waals surface area contributed by atoms with E-state index in [-0.39, 0.29) is 28.1 Å². The van der Waals surface area contributed by atoms with Gasteiger partial charge in [-0.3, -0.25) is 0 Å². The van der Waals surface area contributed by atoms with Gasteiger partial charge in [0.15, 0.2) is 11.7 Å². The molecule has 1 saturated heterocycles. The molecule has 2 aromatic rings. The van der Waals surface area contributed by atoms with Crippen molar-refractivity contribution < 1.29 is 19.2 Å². The van der Waals surface area contributed by atoms with E-state index in [1.807, 2.05) is 23.4 Å². The molecule has 36 heavy (non-hydrogen) atoms. The number of piperazine rings is 1. The van der Waals surface area contributed by atoms with Gasteiger partial charge in [-0.15, -0.1) is 0 Å². The Bertz CT molecular complexity index is 1220. The van der Waals surface area contributed by atoms with Gasteiger partial charge in [0.05, 0.1) is 22.8 Å². The molecule has 8 nitrogen and oxygen atoms in total. The van der Waals surface area contributed by atoms with Gasteiger partial charge in [-0.05, 0) is 37.5 Å². The summed E-state index contributed by atoms with van der Waals surface area (Å²) in [7, 11) is -3.07. The molecule has 2 N–H and O–H groups in total. The normalized spacial score (nSPS) is 24.5. The van der Waals surface area contributed by atoms with Crippen LogP contribution in [0.15, 0.2) is 35.1 Å². The quantitative estimate of drug-likeness (QED) is 0.485. The molecule has 1 unspecified atom stereocenters. The van der Waals surface area contributed by atoms with Crippen LogP contribution in [0.5, 0.6) is 0 Å². The maximum atomic E-state index is 14.7. The summed E-state index contributed by atoms with van der Waals surface area (Å²) in [6.07, 6.45) is -0.963. The van der Waals surface area contributed by atoms with Crippen molar-refractivity contribution in [1.29, 1.82) is 0 Å². The van der Waals surface area contributed by atoms with Crippen LogP contribution in [-0.4, -0.2) is 75.1 Å². The largest absolute Gasteiger partial charge is 0.465 e. The Hall–Kier alpha value is -2.48. The topological polar surface area (TPSA) is 92.5 Å². The summed E-state index contributed by atoms with van der Waals surface area (Å²) in [5.74, 6) is 0.594. The molecule has 0 saturated carbocycles. The van der Waals surface area contributed by atoms with Crippen LogP contribution in [0.25, 0.3) is 11.3 Å². The number of fused-ring (bicyclic) bond motifs is 1. The highest BCUT2D eigenvalue weighted by Crippen LogP contribution is 2.62. The Balaban J connectivity index is 1.89. The zero-order chi connectivity index (χ0) is 26.6. The molecule has 0 radical (unpaired) electrons. The van der Waals surface area contributed by atoms with Crippen molar-refractivity contribution in [3.63, 3.8) is 0 Å². The number of amides is 1. The monoisotopic (exact) mass is 536 g/mol. The molecule has 2 aliphatic heterocycles.